The van der Waals surface area contributed by atoms with Gasteiger partial charge in [-0.05, 0) is 62.5 Å². The van der Waals surface area contributed by atoms with Crippen molar-refractivity contribution in [2.45, 2.75) is 44.7 Å². The maximum Gasteiger partial charge on any atom is 0.191 e. The lowest BCUT2D eigenvalue weighted by Crippen LogP contribution is -2.44. The van der Waals surface area contributed by atoms with Crippen molar-refractivity contribution < 1.29 is 4.42 Å². The molecule has 2 aromatic rings. The van der Waals surface area contributed by atoms with E-state index >= 15 is 0 Å². The summed E-state index contributed by atoms with van der Waals surface area (Å²) < 4.78 is 5.74. The van der Waals surface area contributed by atoms with Gasteiger partial charge in [-0.1, -0.05) is 12.5 Å². The van der Waals surface area contributed by atoms with Gasteiger partial charge in [0.2, 0.25) is 0 Å². The first kappa shape index (κ1) is 23.8. The number of aromatic nitrogens is 1. The number of hydrogen-bond acceptors (Lipinski definition) is 5. The smallest absolute Gasteiger partial charge is 0.191 e. The highest BCUT2D eigenvalue weighted by Gasteiger charge is 2.24. The molecule has 7 nitrogen and oxygen atoms in total. The zero-order valence-corrected chi connectivity index (χ0v) is 20.8. The SMILES string of the molecule is CN=C(NCc1ccc(N2CCCC2)nc1)NCC(c1ccco1)N1CCCCC1.I. The summed E-state index contributed by atoms with van der Waals surface area (Å²) in [5, 5.41) is 6.90. The molecule has 0 spiro atoms. The molecule has 170 valence electrons. The number of rotatable bonds is 7. The van der Waals surface area contributed by atoms with Crippen LogP contribution in [0.1, 0.15) is 49.5 Å². The van der Waals surface area contributed by atoms with E-state index in [0.717, 1.165) is 55.8 Å². The van der Waals surface area contributed by atoms with Crippen LogP contribution in [0.15, 0.2) is 46.1 Å². The van der Waals surface area contributed by atoms with Gasteiger partial charge in [0.15, 0.2) is 5.96 Å². The summed E-state index contributed by atoms with van der Waals surface area (Å²) in [5.41, 5.74) is 1.15. The van der Waals surface area contributed by atoms with E-state index in [9.17, 15) is 0 Å². The lowest BCUT2D eigenvalue weighted by atomic mass is 10.1. The van der Waals surface area contributed by atoms with Crippen LogP contribution < -0.4 is 15.5 Å². The molecule has 0 radical (unpaired) electrons. The average Bonchev–Trinajstić information content (AvgIpc) is 3.52. The monoisotopic (exact) mass is 538 g/mol. The lowest BCUT2D eigenvalue weighted by molar-refractivity contribution is 0.146. The Kier molecular flexibility index (Phi) is 9.45. The van der Waals surface area contributed by atoms with Gasteiger partial charge >= 0.3 is 0 Å². The number of hydrogen-bond donors (Lipinski definition) is 2. The Morgan fingerprint density at radius 2 is 1.84 bits per heavy atom. The second-order valence-electron chi connectivity index (χ2n) is 8.15. The number of nitrogens with one attached hydrogen (secondary N) is 2. The van der Waals surface area contributed by atoms with Gasteiger partial charge in [0.25, 0.3) is 0 Å². The van der Waals surface area contributed by atoms with Gasteiger partial charge in [-0.25, -0.2) is 4.98 Å². The first-order valence-corrected chi connectivity index (χ1v) is 11.3. The Balaban J connectivity index is 0.00000272. The molecule has 31 heavy (non-hydrogen) atoms. The molecule has 2 aliphatic heterocycles. The van der Waals surface area contributed by atoms with Crippen LogP contribution in [0, 0.1) is 0 Å². The van der Waals surface area contributed by atoms with Crippen LogP contribution in [-0.2, 0) is 6.54 Å². The maximum absolute atomic E-state index is 5.74. The predicted molar refractivity (Wildman–Crippen MR) is 136 cm³/mol. The first-order valence-electron chi connectivity index (χ1n) is 11.3. The number of anilines is 1. The van der Waals surface area contributed by atoms with E-state index in [1.54, 1.807) is 6.26 Å². The molecule has 0 saturated carbocycles. The van der Waals surface area contributed by atoms with E-state index in [1.165, 1.54) is 32.1 Å². The Morgan fingerprint density at radius 1 is 1.06 bits per heavy atom. The van der Waals surface area contributed by atoms with E-state index in [0.29, 0.717) is 6.54 Å². The summed E-state index contributed by atoms with van der Waals surface area (Å²) in [6.07, 6.45) is 10.1. The third-order valence-electron chi connectivity index (χ3n) is 6.09. The highest BCUT2D eigenvalue weighted by Crippen LogP contribution is 2.24. The fourth-order valence-corrected chi connectivity index (χ4v) is 4.37. The number of likely N-dealkylation sites (tertiary alicyclic amines) is 1. The van der Waals surface area contributed by atoms with Crippen LogP contribution in [0.4, 0.5) is 5.82 Å². The summed E-state index contributed by atoms with van der Waals surface area (Å²) in [5.74, 6) is 2.90. The van der Waals surface area contributed by atoms with Gasteiger partial charge in [0.1, 0.15) is 11.6 Å². The van der Waals surface area contributed by atoms with Gasteiger partial charge in [-0.3, -0.25) is 9.89 Å². The minimum atomic E-state index is 0. The fourth-order valence-electron chi connectivity index (χ4n) is 4.37. The molecule has 1 unspecified atom stereocenters. The van der Waals surface area contributed by atoms with Crippen molar-refractivity contribution in [2.24, 2.45) is 4.99 Å². The Bertz CT molecular complexity index is 783. The largest absolute Gasteiger partial charge is 0.468 e. The summed E-state index contributed by atoms with van der Waals surface area (Å²) in [6.45, 7) is 5.94. The first-order chi connectivity index (χ1) is 14.8. The molecule has 2 fully saturated rings. The van der Waals surface area contributed by atoms with Crippen LogP contribution in [0.25, 0.3) is 0 Å². The number of guanidine groups is 1. The van der Waals surface area contributed by atoms with Crippen LogP contribution >= 0.6 is 24.0 Å². The number of nitrogens with zero attached hydrogens (tertiary/aromatic N) is 4. The molecular weight excluding hydrogens is 503 g/mol. The highest BCUT2D eigenvalue weighted by atomic mass is 127. The van der Waals surface area contributed by atoms with Gasteiger partial charge in [-0.15, -0.1) is 24.0 Å². The third-order valence-corrected chi connectivity index (χ3v) is 6.09. The van der Waals surface area contributed by atoms with E-state index in [1.807, 2.05) is 19.3 Å². The van der Waals surface area contributed by atoms with Crippen LogP contribution in [-0.4, -0.2) is 55.6 Å². The standard InChI is InChI=1S/C23H34N6O.HI/c1-24-23(26-17-19-9-10-22(25-16-19)29-13-5-6-14-29)27-18-20(21-8-7-15-30-21)28-11-3-2-4-12-28;/h7-10,15-16,20H,2-6,11-14,17-18H2,1H3,(H2,24,26,27);1H. The molecule has 8 heteroatoms. The molecule has 1 atom stereocenters. The summed E-state index contributed by atoms with van der Waals surface area (Å²) in [4.78, 5) is 13.9. The molecule has 0 bridgehead atoms. The minimum absolute atomic E-state index is 0. The molecule has 2 aromatic heterocycles. The predicted octanol–water partition coefficient (Wildman–Crippen LogP) is 3.79. The summed E-state index contributed by atoms with van der Waals surface area (Å²) >= 11 is 0. The maximum atomic E-state index is 5.74. The minimum Gasteiger partial charge on any atom is -0.468 e. The average molecular weight is 538 g/mol. The molecule has 0 aromatic carbocycles. The van der Waals surface area contributed by atoms with Crippen molar-refractivity contribution in [2.75, 3.05) is 44.7 Å². The normalized spacial score (nSPS) is 18.5. The highest BCUT2D eigenvalue weighted by molar-refractivity contribution is 14.0. The zero-order valence-electron chi connectivity index (χ0n) is 18.4. The van der Waals surface area contributed by atoms with Crippen LogP contribution in [0.2, 0.25) is 0 Å². The summed E-state index contributed by atoms with van der Waals surface area (Å²) in [6, 6.07) is 8.55. The number of pyridine rings is 1. The molecule has 2 saturated heterocycles. The number of aliphatic imine (C=N–C) groups is 1. The molecule has 4 heterocycles. The van der Waals surface area contributed by atoms with Gasteiger partial charge in [-0.2, -0.15) is 0 Å². The van der Waals surface area contributed by atoms with Crippen molar-refractivity contribution >= 4 is 35.8 Å². The Labute approximate surface area is 202 Å². The number of piperidine rings is 1. The number of halogens is 1. The van der Waals surface area contributed by atoms with E-state index in [-0.39, 0.29) is 30.0 Å². The van der Waals surface area contributed by atoms with Crippen molar-refractivity contribution in [3.05, 3.63) is 48.0 Å². The van der Waals surface area contributed by atoms with Gasteiger partial charge in [0, 0.05) is 39.4 Å². The molecule has 2 aliphatic rings. The van der Waals surface area contributed by atoms with Crippen LogP contribution in [0.5, 0.6) is 0 Å². The van der Waals surface area contributed by atoms with Crippen LogP contribution in [0.3, 0.4) is 0 Å². The van der Waals surface area contributed by atoms with E-state index < -0.39 is 0 Å². The summed E-state index contributed by atoms with van der Waals surface area (Å²) in [7, 11) is 1.81. The Hall–Kier alpha value is -1.81. The third kappa shape index (κ3) is 6.58. The topological polar surface area (TPSA) is 68.9 Å². The van der Waals surface area contributed by atoms with Gasteiger partial charge in [0.05, 0.1) is 12.3 Å². The molecule has 4 rings (SSSR count). The molecule has 2 N–H and O–H groups in total. The zero-order chi connectivity index (χ0) is 20.6. The van der Waals surface area contributed by atoms with Crippen molar-refractivity contribution in [3.63, 3.8) is 0 Å². The Morgan fingerprint density at radius 3 is 2.48 bits per heavy atom. The quantitative estimate of drug-likeness (QED) is 0.318. The molecule has 0 aliphatic carbocycles. The fraction of sp³-hybridized carbons (Fsp3) is 0.565. The second-order valence-corrected chi connectivity index (χ2v) is 8.15. The second kappa shape index (κ2) is 12.3. The van der Waals surface area contributed by atoms with E-state index in [2.05, 4.69) is 48.6 Å². The van der Waals surface area contributed by atoms with Gasteiger partial charge < -0.3 is 20.0 Å². The lowest BCUT2D eigenvalue weighted by Gasteiger charge is -2.33. The van der Waals surface area contributed by atoms with Crippen molar-refractivity contribution in [1.82, 2.24) is 20.5 Å². The van der Waals surface area contributed by atoms with Crippen molar-refractivity contribution in [1.29, 1.82) is 0 Å². The van der Waals surface area contributed by atoms with E-state index in [4.69, 9.17) is 4.42 Å². The molecule has 0 amide bonds. The molecular formula is C23H35IN6O. The van der Waals surface area contributed by atoms with Crippen molar-refractivity contribution in [3.8, 4) is 0 Å². The number of furan rings is 1.